The Kier molecular flexibility index (Phi) is 2.65. The number of rotatable bonds is 3. The summed E-state index contributed by atoms with van der Waals surface area (Å²) in [4.78, 5) is 0. The van der Waals surface area contributed by atoms with Gasteiger partial charge in [-0.05, 0) is 11.5 Å². The van der Waals surface area contributed by atoms with Crippen molar-refractivity contribution in [3.05, 3.63) is 23.0 Å². The maximum absolute atomic E-state index is 10.0. The van der Waals surface area contributed by atoms with Crippen molar-refractivity contribution in [2.75, 3.05) is 7.11 Å². The van der Waals surface area contributed by atoms with Gasteiger partial charge >= 0.3 is 0 Å². The zero-order chi connectivity index (χ0) is 10.8. The second-order valence-corrected chi connectivity index (χ2v) is 3.56. The van der Waals surface area contributed by atoms with Gasteiger partial charge in [-0.3, -0.25) is 4.68 Å². The minimum absolute atomic E-state index is 0.502. The van der Waals surface area contributed by atoms with Crippen LogP contribution in [0, 0.1) is 0 Å². The monoisotopic (exact) mass is 226 g/mol. The third-order valence-electron chi connectivity index (χ3n) is 2.09. The Morgan fingerprint density at radius 3 is 3.00 bits per heavy atom. The highest BCUT2D eigenvalue weighted by Gasteiger charge is 2.21. The van der Waals surface area contributed by atoms with E-state index < -0.39 is 6.10 Å². The van der Waals surface area contributed by atoms with Gasteiger partial charge in [0.2, 0.25) is 0 Å². The molecular weight excluding hydrogens is 216 g/mol. The first kappa shape index (κ1) is 10.1. The second-order valence-electron chi connectivity index (χ2n) is 2.95. The number of aliphatic hydroxyl groups excluding tert-OH is 1. The molecule has 2 aromatic rings. The van der Waals surface area contributed by atoms with Gasteiger partial charge in [0.15, 0.2) is 5.75 Å². The number of aromatic nitrogens is 4. The summed E-state index contributed by atoms with van der Waals surface area (Å²) in [6, 6.07) is 0. The first-order chi connectivity index (χ1) is 7.24. The molecule has 0 aliphatic heterocycles. The Morgan fingerprint density at radius 2 is 2.40 bits per heavy atom. The molecule has 6 nitrogen and oxygen atoms in total. The number of hydrogen-bond acceptors (Lipinski definition) is 6. The molecule has 80 valence electrons. The Hall–Kier alpha value is -1.47. The summed E-state index contributed by atoms with van der Waals surface area (Å²) >= 11 is 1.19. The van der Waals surface area contributed by atoms with E-state index in [1.807, 2.05) is 0 Å². The largest absolute Gasteiger partial charge is 0.493 e. The van der Waals surface area contributed by atoms with E-state index in [4.69, 9.17) is 4.74 Å². The smallest absolute Gasteiger partial charge is 0.163 e. The molecule has 7 heteroatoms. The SMILES string of the molecule is COc1cnn(C)c1C(O)c1csnn1. The molecule has 0 bridgehead atoms. The zero-order valence-electron chi connectivity index (χ0n) is 8.28. The van der Waals surface area contributed by atoms with Crippen molar-refractivity contribution in [3.8, 4) is 5.75 Å². The van der Waals surface area contributed by atoms with E-state index in [0.717, 1.165) is 0 Å². The van der Waals surface area contributed by atoms with Crippen molar-refractivity contribution in [1.82, 2.24) is 19.4 Å². The Labute approximate surface area is 90.3 Å². The lowest BCUT2D eigenvalue weighted by molar-refractivity contribution is 0.199. The van der Waals surface area contributed by atoms with Gasteiger partial charge in [-0.2, -0.15) is 5.10 Å². The lowest BCUT2D eigenvalue weighted by Gasteiger charge is -2.09. The van der Waals surface area contributed by atoms with Crippen LogP contribution in [-0.2, 0) is 7.05 Å². The normalized spacial score (nSPS) is 12.7. The van der Waals surface area contributed by atoms with Crippen LogP contribution in [0.4, 0.5) is 0 Å². The van der Waals surface area contributed by atoms with Crippen molar-refractivity contribution < 1.29 is 9.84 Å². The van der Waals surface area contributed by atoms with Crippen molar-refractivity contribution >= 4 is 11.5 Å². The minimum Gasteiger partial charge on any atom is -0.493 e. The van der Waals surface area contributed by atoms with Crippen LogP contribution in [-0.4, -0.2) is 31.6 Å². The highest BCUT2D eigenvalue weighted by Crippen LogP contribution is 2.28. The average Bonchev–Trinajstić information content (AvgIpc) is 2.85. The maximum atomic E-state index is 10.0. The van der Waals surface area contributed by atoms with Gasteiger partial charge in [0.25, 0.3) is 0 Å². The molecular formula is C8H10N4O2S. The topological polar surface area (TPSA) is 73.1 Å². The van der Waals surface area contributed by atoms with Gasteiger partial charge in [0.1, 0.15) is 17.5 Å². The molecule has 1 N–H and O–H groups in total. The summed E-state index contributed by atoms with van der Waals surface area (Å²) in [6.07, 6.45) is 0.699. The molecule has 2 heterocycles. The van der Waals surface area contributed by atoms with Crippen LogP contribution >= 0.6 is 11.5 Å². The second kappa shape index (κ2) is 3.95. The number of nitrogens with zero attached hydrogens (tertiary/aromatic N) is 4. The molecule has 0 radical (unpaired) electrons. The number of hydrogen-bond donors (Lipinski definition) is 1. The fraction of sp³-hybridized carbons (Fsp3) is 0.375. The minimum atomic E-state index is -0.855. The number of aryl methyl sites for hydroxylation is 1. The van der Waals surface area contributed by atoms with Gasteiger partial charge in [-0.25, -0.2) is 0 Å². The van der Waals surface area contributed by atoms with E-state index in [0.29, 0.717) is 17.1 Å². The fourth-order valence-electron chi connectivity index (χ4n) is 1.33. The van der Waals surface area contributed by atoms with E-state index in [-0.39, 0.29) is 0 Å². The Morgan fingerprint density at radius 1 is 1.60 bits per heavy atom. The van der Waals surface area contributed by atoms with Crippen LogP contribution in [0.15, 0.2) is 11.6 Å². The van der Waals surface area contributed by atoms with E-state index in [1.165, 1.54) is 18.6 Å². The number of ether oxygens (including phenoxy) is 1. The summed E-state index contributed by atoms with van der Waals surface area (Å²) in [5, 5.41) is 19.5. The summed E-state index contributed by atoms with van der Waals surface area (Å²) in [5.41, 5.74) is 1.08. The predicted octanol–water partition coefficient (Wildman–Crippen LogP) is 0.362. The highest BCUT2D eigenvalue weighted by molar-refractivity contribution is 7.03. The van der Waals surface area contributed by atoms with Gasteiger partial charge in [0, 0.05) is 12.4 Å². The third kappa shape index (κ3) is 1.71. The molecule has 2 rings (SSSR count). The maximum Gasteiger partial charge on any atom is 0.163 e. The Bertz CT molecular complexity index is 439. The molecule has 0 aliphatic rings. The summed E-state index contributed by atoms with van der Waals surface area (Å²) in [6.45, 7) is 0. The molecule has 0 saturated heterocycles. The molecule has 0 saturated carbocycles. The summed E-state index contributed by atoms with van der Waals surface area (Å²) in [5.74, 6) is 0.540. The molecule has 0 fully saturated rings. The van der Waals surface area contributed by atoms with Crippen molar-refractivity contribution in [1.29, 1.82) is 0 Å². The van der Waals surface area contributed by atoms with Crippen LogP contribution in [0.5, 0.6) is 5.75 Å². The van der Waals surface area contributed by atoms with Crippen LogP contribution in [0.2, 0.25) is 0 Å². The predicted molar refractivity (Wildman–Crippen MR) is 53.7 cm³/mol. The molecule has 1 atom stereocenters. The quantitative estimate of drug-likeness (QED) is 0.818. The molecule has 2 aromatic heterocycles. The van der Waals surface area contributed by atoms with Gasteiger partial charge in [0.05, 0.1) is 13.3 Å². The van der Waals surface area contributed by atoms with Crippen molar-refractivity contribution in [3.63, 3.8) is 0 Å². The van der Waals surface area contributed by atoms with E-state index >= 15 is 0 Å². The van der Waals surface area contributed by atoms with E-state index in [2.05, 4.69) is 14.7 Å². The first-order valence-electron chi connectivity index (χ1n) is 4.25. The Balaban J connectivity index is 2.40. The van der Waals surface area contributed by atoms with E-state index in [9.17, 15) is 5.11 Å². The van der Waals surface area contributed by atoms with Crippen molar-refractivity contribution in [2.45, 2.75) is 6.10 Å². The number of methoxy groups -OCH3 is 1. The van der Waals surface area contributed by atoms with Gasteiger partial charge < -0.3 is 9.84 Å². The summed E-state index contributed by atoms with van der Waals surface area (Å²) in [7, 11) is 3.27. The first-order valence-corrected chi connectivity index (χ1v) is 5.08. The van der Waals surface area contributed by atoms with Crippen LogP contribution in [0.25, 0.3) is 0 Å². The standard InChI is InChI=1S/C8H10N4O2S/c1-12-7(6(14-2)3-9-12)8(13)5-4-15-11-10-5/h3-4,8,13H,1-2H3. The number of aliphatic hydroxyl groups is 1. The summed E-state index contributed by atoms with van der Waals surface area (Å²) < 4.78 is 10.4. The molecule has 0 aliphatic carbocycles. The van der Waals surface area contributed by atoms with Gasteiger partial charge in [-0.15, -0.1) is 5.10 Å². The molecule has 0 spiro atoms. The molecule has 0 amide bonds. The lowest BCUT2D eigenvalue weighted by atomic mass is 10.2. The highest BCUT2D eigenvalue weighted by atomic mass is 32.1. The fourth-order valence-corrected chi connectivity index (χ4v) is 1.80. The van der Waals surface area contributed by atoms with Crippen LogP contribution in [0.3, 0.4) is 0 Å². The molecule has 0 aromatic carbocycles. The molecule has 1 unspecified atom stereocenters. The zero-order valence-corrected chi connectivity index (χ0v) is 9.10. The third-order valence-corrected chi connectivity index (χ3v) is 2.61. The van der Waals surface area contributed by atoms with Crippen LogP contribution < -0.4 is 4.74 Å². The van der Waals surface area contributed by atoms with Gasteiger partial charge in [-0.1, -0.05) is 4.49 Å². The average molecular weight is 226 g/mol. The van der Waals surface area contributed by atoms with Crippen molar-refractivity contribution in [2.24, 2.45) is 7.05 Å². The van der Waals surface area contributed by atoms with E-state index in [1.54, 1.807) is 23.3 Å². The molecule has 15 heavy (non-hydrogen) atoms. The lowest BCUT2D eigenvalue weighted by Crippen LogP contribution is -2.08. The van der Waals surface area contributed by atoms with Crippen LogP contribution in [0.1, 0.15) is 17.5 Å².